The van der Waals surface area contributed by atoms with Crippen molar-refractivity contribution in [1.29, 1.82) is 0 Å². The number of aliphatic hydroxyl groups excluding tert-OH is 3. The van der Waals surface area contributed by atoms with Crippen molar-refractivity contribution in [1.82, 2.24) is 29.9 Å². The van der Waals surface area contributed by atoms with Crippen molar-refractivity contribution >= 4 is 17.3 Å². The van der Waals surface area contributed by atoms with Crippen LogP contribution in [0.25, 0.3) is 66.8 Å². The van der Waals surface area contributed by atoms with Gasteiger partial charge < -0.3 is 15.3 Å². The van der Waals surface area contributed by atoms with Crippen molar-refractivity contribution in [3.63, 3.8) is 0 Å². The van der Waals surface area contributed by atoms with Gasteiger partial charge in [0.25, 0.3) is 0 Å². The fraction of sp³-hybridized carbons (Fsp3) is 0.0741. The van der Waals surface area contributed by atoms with E-state index < -0.39 is 35.1 Å². The molecule has 12 aromatic rings. The molecule has 0 unspecified atom stereocenters. The van der Waals surface area contributed by atoms with Crippen molar-refractivity contribution in [3.05, 3.63) is 360 Å². The molecule has 0 amide bonds. The zero-order valence-electron chi connectivity index (χ0n) is 53.6. The molecule has 6 aromatic carbocycles. The van der Waals surface area contributed by atoms with Crippen molar-refractivity contribution in [2.24, 2.45) is 0 Å². The van der Waals surface area contributed by atoms with Gasteiger partial charge in [-0.15, -0.1) is 0 Å². The number of carbonyl (C=O) groups is 3. The number of halogens is 6. The Morgan fingerprint density at radius 3 is 0.540 bits per heavy atom. The van der Waals surface area contributed by atoms with Gasteiger partial charge in [-0.25, -0.2) is 26.3 Å². The molecule has 12 rings (SSSR count). The van der Waals surface area contributed by atoms with Crippen LogP contribution in [0.3, 0.4) is 0 Å². The molecule has 19 heteroatoms. The molecule has 0 saturated carbocycles. The largest absolute Gasteiger partial charge is 0.512 e. The van der Waals surface area contributed by atoms with Crippen molar-refractivity contribution in [2.45, 2.75) is 38.5 Å². The summed E-state index contributed by atoms with van der Waals surface area (Å²) in [6.45, 7) is 4.23. The summed E-state index contributed by atoms with van der Waals surface area (Å²) in [5.74, 6) is -6.85. The minimum absolute atomic E-state index is 0. The second kappa shape index (κ2) is 33.8. The second-order valence-electron chi connectivity index (χ2n) is 22.5. The fourth-order valence-corrected chi connectivity index (χ4v) is 11.2. The SMILES string of the molecule is C/C(O)=C/C(=O)C(c1ncccc1-c1ccc(F)cc1)c1ncccc1-c1ccc(F)cc1.C/C(O)=C/C(=O)C(c1ncccc1-c1ccc(F)cc1)c1ncccc1-c1ccc(F)cc1.C/C(O)=C/C(=O)C(c1ncccc1-c1ccc(F)cc1)c1ncccc1-c1ccc(F)cc1.[Ir]. The summed E-state index contributed by atoms with van der Waals surface area (Å²) in [5.41, 5.74) is 10.4. The van der Waals surface area contributed by atoms with Crippen LogP contribution in [0.5, 0.6) is 0 Å². The molecule has 0 saturated heterocycles. The van der Waals surface area contributed by atoms with Crippen molar-refractivity contribution in [3.8, 4) is 66.8 Å². The molecule has 0 atom stereocenters. The molecule has 100 heavy (non-hydrogen) atoms. The van der Waals surface area contributed by atoms with Gasteiger partial charge >= 0.3 is 0 Å². The average molecular weight is 1520 g/mol. The van der Waals surface area contributed by atoms with E-state index in [0.29, 0.717) is 101 Å². The number of pyridine rings is 6. The number of rotatable bonds is 18. The van der Waals surface area contributed by atoms with E-state index in [1.165, 1.54) is 93.6 Å². The Morgan fingerprint density at radius 1 is 0.270 bits per heavy atom. The summed E-state index contributed by atoms with van der Waals surface area (Å²) in [4.78, 5) is 67.2. The summed E-state index contributed by atoms with van der Waals surface area (Å²) in [5, 5.41) is 29.4. The Morgan fingerprint density at radius 2 is 0.410 bits per heavy atom. The van der Waals surface area contributed by atoms with E-state index in [0.717, 1.165) is 18.2 Å². The molecule has 6 heterocycles. The molecule has 0 fully saturated rings. The quantitative estimate of drug-likeness (QED) is 0.0419. The van der Waals surface area contributed by atoms with Gasteiger partial charge in [0.2, 0.25) is 0 Å². The first-order valence-corrected chi connectivity index (χ1v) is 30.8. The van der Waals surface area contributed by atoms with E-state index in [-0.39, 0.29) is 72.3 Å². The van der Waals surface area contributed by atoms with Crippen molar-refractivity contribution < 1.29 is 76.2 Å². The predicted octanol–water partition coefficient (Wildman–Crippen LogP) is 18.8. The van der Waals surface area contributed by atoms with Crippen LogP contribution >= 0.6 is 0 Å². The van der Waals surface area contributed by atoms with Crippen LogP contribution in [0.2, 0.25) is 0 Å². The van der Waals surface area contributed by atoms with Gasteiger partial charge in [-0.3, -0.25) is 44.3 Å². The molecular weight excluding hydrogens is 1460 g/mol. The first-order chi connectivity index (χ1) is 47.8. The third kappa shape index (κ3) is 18.0. The van der Waals surface area contributed by atoms with Crippen LogP contribution in [-0.2, 0) is 34.5 Å². The summed E-state index contributed by atoms with van der Waals surface area (Å²) < 4.78 is 81.2. The van der Waals surface area contributed by atoms with E-state index in [2.05, 4.69) is 29.9 Å². The number of aromatic nitrogens is 6. The maximum atomic E-state index is 13.5. The predicted molar refractivity (Wildman–Crippen MR) is 367 cm³/mol. The summed E-state index contributed by atoms with van der Waals surface area (Å²) in [7, 11) is 0. The van der Waals surface area contributed by atoms with E-state index in [9.17, 15) is 56.0 Å². The summed E-state index contributed by atoms with van der Waals surface area (Å²) in [6.07, 6.45) is 12.8. The molecule has 12 nitrogen and oxygen atoms in total. The minimum Gasteiger partial charge on any atom is -0.512 e. The zero-order valence-corrected chi connectivity index (χ0v) is 56.0. The van der Waals surface area contributed by atoms with E-state index in [1.54, 1.807) is 183 Å². The van der Waals surface area contributed by atoms with Gasteiger partial charge in [0.05, 0.1) is 51.4 Å². The van der Waals surface area contributed by atoms with E-state index in [1.807, 2.05) is 0 Å². The molecule has 1 radical (unpaired) electrons. The van der Waals surface area contributed by atoms with Crippen molar-refractivity contribution in [2.75, 3.05) is 0 Å². The number of allylic oxidation sites excluding steroid dienone is 6. The fourth-order valence-electron chi connectivity index (χ4n) is 11.2. The molecule has 0 bridgehead atoms. The summed E-state index contributed by atoms with van der Waals surface area (Å²) >= 11 is 0. The Labute approximate surface area is 585 Å². The van der Waals surface area contributed by atoms with Crippen LogP contribution < -0.4 is 0 Å². The van der Waals surface area contributed by atoms with E-state index in [4.69, 9.17) is 0 Å². The summed E-state index contributed by atoms with van der Waals surface area (Å²) in [6, 6.07) is 56.6. The number of ketones is 3. The minimum atomic E-state index is -0.963. The smallest absolute Gasteiger partial charge is 0.174 e. The molecule has 501 valence electrons. The Kier molecular flexibility index (Phi) is 24.5. The molecule has 3 N–H and O–H groups in total. The molecule has 0 spiro atoms. The number of benzene rings is 6. The second-order valence-corrected chi connectivity index (χ2v) is 22.5. The van der Waals surface area contributed by atoms with Crippen LogP contribution in [-0.4, -0.2) is 62.6 Å². The van der Waals surface area contributed by atoms with Gasteiger partial charge in [-0.05, 0) is 163 Å². The maximum absolute atomic E-state index is 13.5. The Bertz CT molecular complexity index is 4170. The molecular formula is C81H60F6IrN6O6. The van der Waals surface area contributed by atoms with Crippen LogP contribution in [0.15, 0.2) is 291 Å². The standard InChI is InChI=1S/3C27H20F2N2O2.Ir/c3*1-17(32)16-24(33)25(26-22(4-2-14-30-26)18-6-10-20(28)11-7-18)27-23(5-3-15-31-27)19-8-12-21(29)13-9-19;/h3*2-16,25,32H,1H3;/b3*17-16-;. The zero-order chi connectivity index (χ0) is 70.1. The molecule has 0 aliphatic carbocycles. The first kappa shape index (κ1) is 72.4. The van der Waals surface area contributed by atoms with Gasteiger partial charge in [0.15, 0.2) is 17.3 Å². The number of carbonyl (C=O) groups excluding carboxylic acids is 3. The maximum Gasteiger partial charge on any atom is 0.174 e. The van der Waals surface area contributed by atoms with Crippen LogP contribution in [0.1, 0.15) is 72.7 Å². The van der Waals surface area contributed by atoms with Crippen LogP contribution in [0.4, 0.5) is 26.3 Å². The Hall–Kier alpha value is -11.9. The van der Waals surface area contributed by atoms with Gasteiger partial charge in [-0.2, -0.15) is 0 Å². The third-order valence-electron chi connectivity index (χ3n) is 15.5. The number of hydrogen-bond donors (Lipinski definition) is 3. The normalized spacial score (nSPS) is 11.5. The first-order valence-electron chi connectivity index (χ1n) is 30.8. The number of hydrogen-bond acceptors (Lipinski definition) is 12. The Balaban J connectivity index is 0.000000174. The topological polar surface area (TPSA) is 189 Å². The molecule has 6 aromatic heterocycles. The number of aliphatic hydroxyl groups is 3. The van der Waals surface area contributed by atoms with Gasteiger partial charge in [0.1, 0.15) is 52.7 Å². The average Bonchev–Trinajstić information content (AvgIpc) is 0.792. The van der Waals surface area contributed by atoms with Gasteiger partial charge in [0, 0.05) is 109 Å². The monoisotopic (exact) mass is 1520 g/mol. The van der Waals surface area contributed by atoms with E-state index >= 15 is 0 Å². The molecule has 0 aliphatic rings. The third-order valence-corrected chi connectivity index (χ3v) is 15.5. The number of nitrogens with zero attached hydrogens (tertiary/aromatic N) is 6. The van der Waals surface area contributed by atoms with Crippen LogP contribution in [0, 0.1) is 34.9 Å². The van der Waals surface area contributed by atoms with Gasteiger partial charge in [-0.1, -0.05) is 109 Å². The molecule has 0 aliphatic heterocycles.